The molecule has 0 heterocycles. The van der Waals surface area contributed by atoms with Gasteiger partial charge in [0.05, 0.1) is 10.6 Å². The Morgan fingerprint density at radius 1 is 0.857 bits per heavy atom. The van der Waals surface area contributed by atoms with Gasteiger partial charge in [0, 0.05) is 24.5 Å². The summed E-state index contributed by atoms with van der Waals surface area (Å²) in [5.74, 6) is -1.58. The van der Waals surface area contributed by atoms with Gasteiger partial charge in [0.2, 0.25) is 11.8 Å². The molecule has 4 aromatic carbocycles. The molecular formula is C32H31ClFN3O4S. The highest BCUT2D eigenvalue weighted by Gasteiger charge is 2.34. The van der Waals surface area contributed by atoms with Crippen LogP contribution in [0.5, 0.6) is 0 Å². The predicted octanol–water partition coefficient (Wildman–Crippen LogP) is 5.45. The maximum atomic E-state index is 14.3. The normalized spacial score (nSPS) is 11.9. The molecule has 0 fully saturated rings. The highest BCUT2D eigenvalue weighted by atomic mass is 35.5. The van der Waals surface area contributed by atoms with Crippen molar-refractivity contribution in [2.24, 2.45) is 0 Å². The number of likely N-dealkylation sites (N-methyl/N-ethyl adjacent to an activating group) is 1. The van der Waals surface area contributed by atoms with E-state index in [0.29, 0.717) is 17.1 Å². The Kier molecular flexibility index (Phi) is 10.3. The summed E-state index contributed by atoms with van der Waals surface area (Å²) in [7, 11) is -4.25. The number of halogens is 2. The van der Waals surface area contributed by atoms with Gasteiger partial charge in [0.25, 0.3) is 10.0 Å². The van der Waals surface area contributed by atoms with Crippen LogP contribution in [0.25, 0.3) is 0 Å². The zero-order valence-corrected chi connectivity index (χ0v) is 24.6. The lowest BCUT2D eigenvalue weighted by Crippen LogP contribution is -2.53. The third kappa shape index (κ3) is 7.54. The number of rotatable bonds is 12. The topological polar surface area (TPSA) is 86.8 Å². The van der Waals surface area contributed by atoms with Crippen molar-refractivity contribution < 1.29 is 22.4 Å². The molecule has 0 saturated heterocycles. The summed E-state index contributed by atoms with van der Waals surface area (Å²) in [5.41, 5.74) is 1.51. The molecule has 10 heteroatoms. The first kappa shape index (κ1) is 30.7. The van der Waals surface area contributed by atoms with Gasteiger partial charge in [-0.1, -0.05) is 78.3 Å². The smallest absolute Gasteiger partial charge is 0.264 e. The van der Waals surface area contributed by atoms with Crippen LogP contribution in [0.4, 0.5) is 10.1 Å². The van der Waals surface area contributed by atoms with Crippen molar-refractivity contribution >= 4 is 39.1 Å². The number of anilines is 1. The number of sulfonamides is 1. The lowest BCUT2D eigenvalue weighted by Gasteiger charge is -2.34. The van der Waals surface area contributed by atoms with Gasteiger partial charge < -0.3 is 10.2 Å². The first-order valence-corrected chi connectivity index (χ1v) is 15.2. The minimum absolute atomic E-state index is 0.0376. The lowest BCUT2D eigenvalue weighted by atomic mass is 10.0. The van der Waals surface area contributed by atoms with Crippen LogP contribution in [0.2, 0.25) is 5.02 Å². The van der Waals surface area contributed by atoms with Gasteiger partial charge in [0.1, 0.15) is 18.4 Å². The molecule has 2 amide bonds. The van der Waals surface area contributed by atoms with E-state index in [4.69, 9.17) is 11.6 Å². The molecule has 1 unspecified atom stereocenters. The second-order valence-corrected chi connectivity index (χ2v) is 11.8. The van der Waals surface area contributed by atoms with E-state index < -0.39 is 34.3 Å². The molecule has 0 radical (unpaired) electrons. The Hall–Kier alpha value is -4.21. The molecule has 0 saturated carbocycles. The first-order valence-electron chi connectivity index (χ1n) is 13.4. The van der Waals surface area contributed by atoms with Gasteiger partial charge in [-0.05, 0) is 60.5 Å². The minimum atomic E-state index is -4.25. The Labute approximate surface area is 250 Å². The van der Waals surface area contributed by atoms with Gasteiger partial charge in [-0.25, -0.2) is 12.8 Å². The van der Waals surface area contributed by atoms with E-state index in [9.17, 15) is 22.4 Å². The van der Waals surface area contributed by atoms with Crippen LogP contribution in [0.15, 0.2) is 114 Å². The zero-order valence-electron chi connectivity index (χ0n) is 23.0. The van der Waals surface area contributed by atoms with Gasteiger partial charge in [-0.3, -0.25) is 13.9 Å². The number of nitrogens with one attached hydrogen (secondary N) is 1. The number of hydrogen-bond donors (Lipinski definition) is 1. The molecule has 0 aliphatic rings. The van der Waals surface area contributed by atoms with Crippen LogP contribution < -0.4 is 9.62 Å². The number of carbonyl (C=O) groups excluding carboxylic acids is 2. The summed E-state index contributed by atoms with van der Waals surface area (Å²) in [4.78, 5) is 29.0. The largest absolute Gasteiger partial charge is 0.355 e. The molecule has 218 valence electrons. The monoisotopic (exact) mass is 607 g/mol. The number of benzene rings is 4. The van der Waals surface area contributed by atoms with Crippen LogP contribution in [0.1, 0.15) is 18.1 Å². The lowest BCUT2D eigenvalue weighted by molar-refractivity contribution is -0.140. The summed E-state index contributed by atoms with van der Waals surface area (Å²) in [6, 6.07) is 27.7. The average Bonchev–Trinajstić information content (AvgIpc) is 3.00. The Balaban J connectivity index is 1.79. The summed E-state index contributed by atoms with van der Waals surface area (Å²) in [6.07, 6.45) is 0.185. The van der Waals surface area contributed by atoms with E-state index in [1.165, 1.54) is 29.2 Å². The summed E-state index contributed by atoms with van der Waals surface area (Å²) >= 11 is 6.47. The van der Waals surface area contributed by atoms with E-state index in [1.54, 1.807) is 49.4 Å². The molecule has 4 aromatic rings. The molecule has 1 atom stereocenters. The Bertz CT molecular complexity index is 1600. The van der Waals surface area contributed by atoms with Crippen LogP contribution in [0, 0.1) is 5.82 Å². The predicted molar refractivity (Wildman–Crippen MR) is 162 cm³/mol. The molecule has 42 heavy (non-hydrogen) atoms. The molecule has 0 aliphatic carbocycles. The fraction of sp³-hybridized carbons (Fsp3) is 0.188. The first-order chi connectivity index (χ1) is 20.2. The van der Waals surface area contributed by atoms with Gasteiger partial charge >= 0.3 is 0 Å². The standard InChI is InChI=1S/C32H31ClFN3O4S/c1-2-35-32(39)30(21-24-11-5-3-6-12-24)36(22-25-13-9-10-16-29(25)33)31(38)23-37(27-19-17-26(34)18-20-27)42(40,41)28-14-7-4-8-15-28/h3-20,30H,2,21-23H2,1H3,(H,35,39). The van der Waals surface area contributed by atoms with Crippen molar-refractivity contribution in [3.8, 4) is 0 Å². The number of nitrogens with zero attached hydrogens (tertiary/aromatic N) is 2. The average molecular weight is 608 g/mol. The molecular weight excluding hydrogens is 577 g/mol. The molecule has 0 aliphatic heterocycles. The van der Waals surface area contributed by atoms with E-state index >= 15 is 0 Å². The quantitative estimate of drug-likeness (QED) is 0.232. The maximum absolute atomic E-state index is 14.3. The van der Waals surface area contributed by atoms with E-state index in [0.717, 1.165) is 22.0 Å². The Morgan fingerprint density at radius 2 is 1.45 bits per heavy atom. The van der Waals surface area contributed by atoms with Crippen molar-refractivity contribution in [1.82, 2.24) is 10.2 Å². The highest BCUT2D eigenvalue weighted by Crippen LogP contribution is 2.26. The molecule has 0 bridgehead atoms. The maximum Gasteiger partial charge on any atom is 0.264 e. The summed E-state index contributed by atoms with van der Waals surface area (Å²) in [6.45, 7) is 1.43. The zero-order chi connectivity index (χ0) is 30.1. The van der Waals surface area contributed by atoms with E-state index in [1.807, 2.05) is 30.3 Å². The SMILES string of the molecule is CCNC(=O)C(Cc1ccccc1)N(Cc1ccccc1Cl)C(=O)CN(c1ccc(F)cc1)S(=O)(=O)c1ccccc1. The van der Waals surface area contributed by atoms with Crippen molar-refractivity contribution in [3.63, 3.8) is 0 Å². The molecule has 4 rings (SSSR count). The highest BCUT2D eigenvalue weighted by molar-refractivity contribution is 7.92. The number of carbonyl (C=O) groups is 2. The fourth-order valence-corrected chi connectivity index (χ4v) is 6.14. The van der Waals surface area contributed by atoms with Crippen LogP contribution >= 0.6 is 11.6 Å². The van der Waals surface area contributed by atoms with Crippen LogP contribution in [-0.2, 0) is 32.6 Å². The second kappa shape index (κ2) is 14.1. The molecule has 0 spiro atoms. The van der Waals surface area contributed by atoms with Crippen LogP contribution in [-0.4, -0.2) is 44.3 Å². The van der Waals surface area contributed by atoms with Crippen molar-refractivity contribution in [1.29, 1.82) is 0 Å². The van der Waals surface area contributed by atoms with E-state index in [-0.39, 0.29) is 29.5 Å². The third-order valence-corrected chi connectivity index (χ3v) is 8.80. The van der Waals surface area contributed by atoms with Crippen molar-refractivity contribution in [3.05, 3.63) is 131 Å². The molecule has 0 aromatic heterocycles. The van der Waals surface area contributed by atoms with E-state index in [2.05, 4.69) is 5.32 Å². The number of hydrogen-bond acceptors (Lipinski definition) is 4. The third-order valence-electron chi connectivity index (χ3n) is 6.65. The molecule has 1 N–H and O–H groups in total. The number of amides is 2. The Morgan fingerprint density at radius 3 is 2.07 bits per heavy atom. The van der Waals surface area contributed by atoms with Crippen LogP contribution in [0.3, 0.4) is 0 Å². The van der Waals surface area contributed by atoms with Gasteiger partial charge in [0.15, 0.2) is 0 Å². The second-order valence-electron chi connectivity index (χ2n) is 9.51. The van der Waals surface area contributed by atoms with Gasteiger partial charge in [-0.15, -0.1) is 0 Å². The van der Waals surface area contributed by atoms with Crippen molar-refractivity contribution in [2.45, 2.75) is 30.8 Å². The summed E-state index contributed by atoms with van der Waals surface area (Å²) in [5, 5.41) is 3.21. The van der Waals surface area contributed by atoms with Crippen molar-refractivity contribution in [2.75, 3.05) is 17.4 Å². The fourth-order valence-electron chi connectivity index (χ4n) is 4.51. The van der Waals surface area contributed by atoms with Gasteiger partial charge in [-0.2, -0.15) is 0 Å². The summed E-state index contributed by atoms with van der Waals surface area (Å²) < 4.78 is 42.4. The molecule has 7 nitrogen and oxygen atoms in total. The minimum Gasteiger partial charge on any atom is -0.355 e.